The Kier molecular flexibility index (Phi) is 7.51. The quantitative estimate of drug-likeness (QED) is 0.337. The van der Waals surface area contributed by atoms with E-state index in [4.69, 9.17) is 4.74 Å². The van der Waals surface area contributed by atoms with Crippen LogP contribution in [0.5, 0.6) is 0 Å². The van der Waals surface area contributed by atoms with Gasteiger partial charge in [-0.15, -0.1) is 0 Å². The highest BCUT2D eigenvalue weighted by Gasteiger charge is 2.29. The van der Waals surface area contributed by atoms with Crippen LogP contribution in [0, 0.1) is 0 Å². The number of carbonyl (C=O) groups is 3. The number of amides is 2. The molecule has 1 aliphatic carbocycles. The summed E-state index contributed by atoms with van der Waals surface area (Å²) in [7, 11) is 0. The fourth-order valence-electron chi connectivity index (χ4n) is 4.31. The van der Waals surface area contributed by atoms with Crippen LogP contribution >= 0.6 is 15.9 Å². The summed E-state index contributed by atoms with van der Waals surface area (Å²) in [5.41, 5.74) is 5.09. The van der Waals surface area contributed by atoms with Gasteiger partial charge in [0.05, 0.1) is 5.56 Å². The second-order valence-electron chi connectivity index (χ2n) is 8.30. The van der Waals surface area contributed by atoms with Crippen LogP contribution in [-0.4, -0.2) is 35.7 Å². The van der Waals surface area contributed by atoms with E-state index in [2.05, 4.69) is 38.7 Å². The van der Waals surface area contributed by atoms with E-state index in [1.807, 2.05) is 43.3 Å². The van der Waals surface area contributed by atoms with E-state index in [0.717, 1.165) is 22.3 Å². The van der Waals surface area contributed by atoms with Crippen molar-refractivity contribution in [1.29, 1.82) is 0 Å². The second-order valence-corrected chi connectivity index (χ2v) is 9.15. The number of carbonyl (C=O) groups excluding carboxylic acids is 2. The first-order valence-electron chi connectivity index (χ1n) is 11.3. The first-order chi connectivity index (χ1) is 16.9. The minimum atomic E-state index is -1.09. The second kappa shape index (κ2) is 10.7. The standard InChI is InChI=1S/C27H25BrN2O5/c1-2-7-24(26(32)33)30-25(31)21-14-16(12-13-23(21)28)29-27(34)35-15-22-19-10-5-3-8-17(19)18-9-4-6-11-20(18)22/h3-6,8-14,22,24H,2,7,15H2,1H3,(H,29,34)(H,30,31)(H,32,33)/t24-/m1/s1. The van der Waals surface area contributed by atoms with Gasteiger partial charge in [-0.1, -0.05) is 61.9 Å². The molecule has 180 valence electrons. The highest BCUT2D eigenvalue weighted by molar-refractivity contribution is 9.10. The summed E-state index contributed by atoms with van der Waals surface area (Å²) >= 11 is 3.32. The molecule has 4 rings (SSSR count). The normalized spacial score (nSPS) is 12.9. The van der Waals surface area contributed by atoms with Gasteiger partial charge in [0.25, 0.3) is 5.91 Å². The summed E-state index contributed by atoms with van der Waals surface area (Å²) in [5, 5.41) is 14.5. The molecule has 8 heteroatoms. The topological polar surface area (TPSA) is 105 Å². The van der Waals surface area contributed by atoms with Crippen LogP contribution < -0.4 is 10.6 Å². The number of halogens is 1. The van der Waals surface area contributed by atoms with Crippen molar-refractivity contribution in [3.8, 4) is 11.1 Å². The molecule has 3 aromatic rings. The van der Waals surface area contributed by atoms with Gasteiger partial charge in [0.1, 0.15) is 12.6 Å². The van der Waals surface area contributed by atoms with E-state index in [-0.39, 0.29) is 18.1 Å². The average Bonchev–Trinajstić information content (AvgIpc) is 3.17. The molecule has 1 aliphatic rings. The van der Waals surface area contributed by atoms with Gasteiger partial charge in [-0.2, -0.15) is 0 Å². The number of benzene rings is 3. The van der Waals surface area contributed by atoms with Gasteiger partial charge in [0.15, 0.2) is 0 Å². The molecule has 0 fully saturated rings. The fraction of sp³-hybridized carbons (Fsp3) is 0.222. The lowest BCUT2D eigenvalue weighted by Gasteiger charge is -2.16. The van der Waals surface area contributed by atoms with E-state index < -0.39 is 24.0 Å². The molecule has 0 heterocycles. The number of rotatable bonds is 8. The van der Waals surface area contributed by atoms with Gasteiger partial charge in [0, 0.05) is 16.1 Å². The van der Waals surface area contributed by atoms with Gasteiger partial charge in [-0.3, -0.25) is 10.1 Å². The van der Waals surface area contributed by atoms with Crippen LogP contribution in [0.25, 0.3) is 11.1 Å². The Morgan fingerprint density at radius 1 is 1.00 bits per heavy atom. The van der Waals surface area contributed by atoms with Crippen LogP contribution in [0.2, 0.25) is 0 Å². The third-order valence-corrected chi connectivity index (χ3v) is 6.67. The maximum atomic E-state index is 12.7. The summed E-state index contributed by atoms with van der Waals surface area (Å²) in [4.78, 5) is 36.7. The number of carboxylic acid groups (broad SMARTS) is 1. The smallest absolute Gasteiger partial charge is 0.411 e. The molecule has 0 unspecified atom stereocenters. The van der Waals surface area contributed by atoms with E-state index in [1.165, 1.54) is 6.07 Å². The van der Waals surface area contributed by atoms with Gasteiger partial charge in [-0.25, -0.2) is 9.59 Å². The predicted molar refractivity (Wildman–Crippen MR) is 137 cm³/mol. The molecule has 0 aromatic heterocycles. The molecule has 7 nitrogen and oxygen atoms in total. The van der Waals surface area contributed by atoms with E-state index >= 15 is 0 Å². The van der Waals surface area contributed by atoms with Crippen molar-refractivity contribution in [3.63, 3.8) is 0 Å². The number of hydrogen-bond acceptors (Lipinski definition) is 4. The highest BCUT2D eigenvalue weighted by Crippen LogP contribution is 2.44. The molecular formula is C27H25BrN2O5. The summed E-state index contributed by atoms with van der Waals surface area (Å²) in [5.74, 6) is -1.70. The van der Waals surface area contributed by atoms with E-state index in [9.17, 15) is 19.5 Å². The SMILES string of the molecule is CCC[C@@H](NC(=O)c1cc(NC(=O)OCC2c3ccccc3-c3ccccc32)ccc1Br)C(=O)O. The Balaban J connectivity index is 1.43. The molecule has 3 N–H and O–H groups in total. The third kappa shape index (κ3) is 5.38. The van der Waals surface area contributed by atoms with Crippen molar-refractivity contribution >= 4 is 39.6 Å². The lowest BCUT2D eigenvalue weighted by molar-refractivity contribution is -0.139. The summed E-state index contributed by atoms with van der Waals surface area (Å²) in [6, 6.07) is 19.9. The number of ether oxygens (including phenoxy) is 1. The minimum absolute atomic E-state index is 0.0640. The van der Waals surface area contributed by atoms with Gasteiger partial charge < -0.3 is 15.2 Å². The van der Waals surface area contributed by atoms with Gasteiger partial charge >= 0.3 is 12.1 Å². The lowest BCUT2D eigenvalue weighted by Crippen LogP contribution is -2.40. The zero-order valence-electron chi connectivity index (χ0n) is 19.1. The molecule has 0 saturated carbocycles. The Morgan fingerprint density at radius 2 is 1.63 bits per heavy atom. The molecule has 0 aliphatic heterocycles. The van der Waals surface area contributed by atoms with Crippen LogP contribution in [0.1, 0.15) is 47.2 Å². The monoisotopic (exact) mass is 536 g/mol. The van der Waals surface area contributed by atoms with Crippen molar-refractivity contribution in [1.82, 2.24) is 5.32 Å². The Hall–Kier alpha value is -3.65. The molecule has 0 spiro atoms. The zero-order chi connectivity index (χ0) is 24.9. The van der Waals surface area contributed by atoms with E-state index in [1.54, 1.807) is 12.1 Å². The van der Waals surface area contributed by atoms with Crippen molar-refractivity contribution in [3.05, 3.63) is 87.9 Å². The molecular weight excluding hydrogens is 512 g/mol. The molecule has 1 atom stereocenters. The molecule has 2 amide bonds. The first kappa shape index (κ1) is 24.5. The molecule has 0 saturated heterocycles. The maximum Gasteiger partial charge on any atom is 0.411 e. The Bertz CT molecular complexity index is 1230. The number of aliphatic carboxylic acids is 1. The highest BCUT2D eigenvalue weighted by atomic mass is 79.9. The average molecular weight is 537 g/mol. The summed E-state index contributed by atoms with van der Waals surface area (Å²) < 4.78 is 6.04. The first-order valence-corrected chi connectivity index (χ1v) is 12.1. The van der Waals surface area contributed by atoms with Crippen LogP contribution in [0.4, 0.5) is 10.5 Å². The summed E-state index contributed by atoms with van der Waals surface area (Å²) in [6.07, 6.45) is 0.285. The van der Waals surface area contributed by atoms with Crippen molar-refractivity contribution in [2.75, 3.05) is 11.9 Å². The lowest BCUT2D eigenvalue weighted by atomic mass is 9.98. The van der Waals surface area contributed by atoms with Gasteiger partial charge in [0.2, 0.25) is 0 Å². The molecule has 0 radical (unpaired) electrons. The summed E-state index contributed by atoms with van der Waals surface area (Å²) in [6.45, 7) is 2.01. The molecule has 0 bridgehead atoms. The third-order valence-electron chi connectivity index (χ3n) is 5.98. The zero-order valence-corrected chi connectivity index (χ0v) is 20.7. The molecule has 35 heavy (non-hydrogen) atoms. The number of fused-ring (bicyclic) bond motifs is 3. The number of anilines is 1. The Labute approximate surface area is 211 Å². The van der Waals surface area contributed by atoms with E-state index in [0.29, 0.717) is 23.0 Å². The van der Waals surface area contributed by atoms with Crippen LogP contribution in [-0.2, 0) is 9.53 Å². The number of carboxylic acids is 1. The predicted octanol–water partition coefficient (Wildman–Crippen LogP) is 5.79. The largest absolute Gasteiger partial charge is 0.480 e. The van der Waals surface area contributed by atoms with Crippen molar-refractivity contribution in [2.45, 2.75) is 31.7 Å². The fourth-order valence-corrected chi connectivity index (χ4v) is 4.74. The van der Waals surface area contributed by atoms with Gasteiger partial charge in [-0.05, 0) is 62.8 Å². The molecule has 3 aromatic carbocycles. The van der Waals surface area contributed by atoms with Crippen LogP contribution in [0.3, 0.4) is 0 Å². The number of nitrogens with one attached hydrogen (secondary N) is 2. The minimum Gasteiger partial charge on any atom is -0.480 e. The van der Waals surface area contributed by atoms with Crippen molar-refractivity contribution in [2.24, 2.45) is 0 Å². The van der Waals surface area contributed by atoms with Crippen molar-refractivity contribution < 1.29 is 24.2 Å². The number of hydrogen-bond donors (Lipinski definition) is 3. The Morgan fingerprint density at radius 3 is 2.23 bits per heavy atom. The van der Waals surface area contributed by atoms with Crippen LogP contribution in [0.15, 0.2) is 71.2 Å². The maximum absolute atomic E-state index is 12.7.